The van der Waals surface area contributed by atoms with Gasteiger partial charge in [-0.25, -0.2) is 0 Å². The van der Waals surface area contributed by atoms with Gasteiger partial charge in [0.2, 0.25) is 12.7 Å². The van der Waals surface area contributed by atoms with E-state index >= 15 is 0 Å². The number of aromatic amines is 1. The minimum atomic E-state index is -0.130. The molecule has 2 aromatic carbocycles. The Bertz CT molecular complexity index is 1030. The molecule has 0 bridgehead atoms. The van der Waals surface area contributed by atoms with Gasteiger partial charge in [0, 0.05) is 29.2 Å². The molecule has 0 saturated carbocycles. The first-order valence-corrected chi connectivity index (χ1v) is 9.99. The molecule has 0 saturated heterocycles. The Morgan fingerprint density at radius 2 is 1.93 bits per heavy atom. The van der Waals surface area contributed by atoms with Gasteiger partial charge in [0.1, 0.15) is 0 Å². The second kappa shape index (κ2) is 8.17. The van der Waals surface area contributed by atoms with Crippen molar-refractivity contribution in [1.82, 2.24) is 15.6 Å². The van der Waals surface area contributed by atoms with E-state index in [-0.39, 0.29) is 18.0 Å². The van der Waals surface area contributed by atoms with E-state index in [2.05, 4.69) is 27.8 Å². The molecule has 0 unspecified atom stereocenters. The molecule has 3 N–H and O–H groups in total. The number of benzene rings is 2. The molecule has 29 heavy (non-hydrogen) atoms. The van der Waals surface area contributed by atoms with Gasteiger partial charge >= 0.3 is 0 Å². The monoisotopic (exact) mass is 393 g/mol. The minimum Gasteiger partial charge on any atom is -0.454 e. The van der Waals surface area contributed by atoms with Crippen molar-refractivity contribution in [2.45, 2.75) is 45.8 Å². The molecule has 6 nitrogen and oxygen atoms in total. The number of carbonyl (C=O) groups is 1. The highest BCUT2D eigenvalue weighted by molar-refractivity contribution is 5.88. The molecule has 1 atom stereocenters. The predicted molar refractivity (Wildman–Crippen MR) is 113 cm³/mol. The van der Waals surface area contributed by atoms with Crippen LogP contribution in [-0.4, -0.2) is 29.8 Å². The first kappa shape index (κ1) is 19.3. The summed E-state index contributed by atoms with van der Waals surface area (Å²) in [7, 11) is 0. The van der Waals surface area contributed by atoms with Crippen LogP contribution in [0.5, 0.6) is 11.5 Å². The highest BCUT2D eigenvalue weighted by atomic mass is 16.7. The summed E-state index contributed by atoms with van der Waals surface area (Å²) in [4.78, 5) is 15.5. The zero-order valence-corrected chi connectivity index (χ0v) is 17.0. The van der Waals surface area contributed by atoms with Gasteiger partial charge < -0.3 is 19.8 Å². The summed E-state index contributed by atoms with van der Waals surface area (Å²) in [5.41, 5.74) is 4.83. The number of nitrogens with one attached hydrogen (secondary N) is 3. The lowest BCUT2D eigenvalue weighted by Crippen LogP contribution is -2.49. The van der Waals surface area contributed by atoms with E-state index in [0.29, 0.717) is 6.79 Å². The van der Waals surface area contributed by atoms with Crippen LogP contribution >= 0.6 is 0 Å². The Kier molecular flexibility index (Phi) is 5.45. The zero-order valence-electron chi connectivity index (χ0n) is 17.0. The van der Waals surface area contributed by atoms with Crippen molar-refractivity contribution >= 4 is 16.8 Å². The fourth-order valence-electron chi connectivity index (χ4n) is 3.72. The summed E-state index contributed by atoms with van der Waals surface area (Å²) in [6, 6.07) is 14.2. The molecule has 3 heterocycles. The van der Waals surface area contributed by atoms with Gasteiger partial charge in [-0.2, -0.15) is 0 Å². The van der Waals surface area contributed by atoms with Gasteiger partial charge in [-0.05, 0) is 56.5 Å². The Balaban J connectivity index is 0.000000171. The number of hydrogen-bond donors (Lipinski definition) is 3. The lowest BCUT2D eigenvalue weighted by molar-refractivity contribution is -0.123. The van der Waals surface area contributed by atoms with Crippen LogP contribution in [0.4, 0.5) is 0 Å². The number of ether oxygens (including phenoxy) is 2. The summed E-state index contributed by atoms with van der Waals surface area (Å²) in [6.45, 7) is 7.08. The average Bonchev–Trinajstić information content (AvgIpc) is 3.31. The number of para-hydroxylation sites is 1. The third-order valence-corrected chi connectivity index (χ3v) is 5.11. The zero-order chi connectivity index (χ0) is 20.4. The predicted octanol–water partition coefficient (Wildman–Crippen LogP) is 3.43. The molecule has 152 valence electrons. The van der Waals surface area contributed by atoms with Gasteiger partial charge in [0.25, 0.3) is 0 Å². The van der Waals surface area contributed by atoms with Crippen LogP contribution in [-0.2, 0) is 17.8 Å². The van der Waals surface area contributed by atoms with Crippen molar-refractivity contribution < 1.29 is 14.3 Å². The molecule has 5 rings (SSSR count). The maximum atomic E-state index is 12.1. The van der Waals surface area contributed by atoms with Crippen LogP contribution in [0.2, 0.25) is 0 Å². The number of fused-ring (bicyclic) bond motifs is 4. The maximum Gasteiger partial charge on any atom is 0.237 e. The number of amides is 1. The number of hydrogen-bond acceptors (Lipinski definition) is 4. The Morgan fingerprint density at radius 1 is 1.14 bits per heavy atom. The van der Waals surface area contributed by atoms with Gasteiger partial charge in [-0.15, -0.1) is 0 Å². The number of H-pyrrole nitrogens is 1. The first-order valence-electron chi connectivity index (χ1n) is 9.99. The van der Waals surface area contributed by atoms with Crippen molar-refractivity contribution in [2.75, 3.05) is 6.79 Å². The van der Waals surface area contributed by atoms with E-state index in [9.17, 15) is 4.79 Å². The second-order valence-corrected chi connectivity index (χ2v) is 7.79. The van der Waals surface area contributed by atoms with Crippen molar-refractivity contribution in [3.05, 3.63) is 59.3 Å². The second-order valence-electron chi connectivity index (χ2n) is 7.79. The number of carbonyl (C=O) groups excluding carboxylic acids is 1. The fraction of sp³-hybridized carbons (Fsp3) is 0.348. The van der Waals surface area contributed by atoms with Crippen molar-refractivity contribution in [3.8, 4) is 11.5 Å². The van der Waals surface area contributed by atoms with Crippen molar-refractivity contribution in [1.29, 1.82) is 0 Å². The largest absolute Gasteiger partial charge is 0.454 e. The molecule has 1 amide bonds. The van der Waals surface area contributed by atoms with Crippen LogP contribution in [0.1, 0.15) is 30.7 Å². The fourth-order valence-corrected chi connectivity index (χ4v) is 3.72. The summed E-state index contributed by atoms with van der Waals surface area (Å²) in [5, 5.41) is 7.51. The molecule has 2 aliphatic heterocycles. The van der Waals surface area contributed by atoms with Gasteiger partial charge in [-0.3, -0.25) is 10.1 Å². The van der Waals surface area contributed by atoms with Gasteiger partial charge in [-0.1, -0.05) is 24.3 Å². The molecular formula is C23H27N3O3. The van der Waals surface area contributed by atoms with Gasteiger partial charge in [0.15, 0.2) is 11.5 Å². The van der Waals surface area contributed by atoms with Crippen molar-refractivity contribution in [2.24, 2.45) is 0 Å². The Hall–Kier alpha value is -2.99. The average molecular weight is 393 g/mol. The van der Waals surface area contributed by atoms with E-state index in [1.807, 2.05) is 51.1 Å². The molecule has 1 aromatic heterocycles. The summed E-state index contributed by atoms with van der Waals surface area (Å²) < 4.78 is 10.3. The number of rotatable bonds is 2. The van der Waals surface area contributed by atoms with E-state index in [1.165, 1.54) is 22.2 Å². The number of aryl methyl sites for hydroxylation is 1. The van der Waals surface area contributed by atoms with E-state index in [0.717, 1.165) is 30.0 Å². The topological polar surface area (TPSA) is 75.4 Å². The highest BCUT2D eigenvalue weighted by Crippen LogP contribution is 2.32. The summed E-state index contributed by atoms with van der Waals surface area (Å²) in [6.07, 6.45) is 0.748. The van der Waals surface area contributed by atoms with E-state index in [4.69, 9.17) is 9.47 Å². The molecule has 2 aliphatic rings. The summed E-state index contributed by atoms with van der Waals surface area (Å²) in [5.74, 6) is 1.80. The SMILES string of the molecule is CC(C)NC(=O)[C@@H]1Cc2c([nH]c3ccccc23)CN1.Cc1ccc2c(c1)OCO2. The smallest absolute Gasteiger partial charge is 0.237 e. The van der Waals surface area contributed by atoms with Gasteiger partial charge in [0.05, 0.1) is 6.04 Å². The molecule has 0 fully saturated rings. The number of aromatic nitrogens is 1. The molecule has 0 spiro atoms. The molecule has 6 heteroatoms. The molecule has 0 aliphatic carbocycles. The van der Waals surface area contributed by atoms with Crippen LogP contribution in [0, 0.1) is 6.92 Å². The Labute approximate surface area is 170 Å². The standard InChI is InChI=1S/C15H19N3O.C8H8O2/c1-9(2)17-15(19)13-7-11-10-5-3-4-6-12(10)18-14(11)8-16-13;1-6-2-3-7-8(4-6)10-5-9-7/h3-6,9,13,16,18H,7-8H2,1-2H3,(H,17,19);2-4H,5H2,1H3/t13-;/m0./s1. The van der Waals surface area contributed by atoms with E-state index < -0.39 is 0 Å². The van der Waals surface area contributed by atoms with Crippen LogP contribution in [0.15, 0.2) is 42.5 Å². The molecule has 3 aromatic rings. The van der Waals surface area contributed by atoms with Crippen LogP contribution in [0.25, 0.3) is 10.9 Å². The third-order valence-electron chi connectivity index (χ3n) is 5.11. The normalized spacial score (nSPS) is 16.9. The Morgan fingerprint density at radius 3 is 2.76 bits per heavy atom. The minimum absolute atomic E-state index is 0.0888. The lowest BCUT2D eigenvalue weighted by Gasteiger charge is -2.24. The quantitative estimate of drug-likeness (QED) is 0.624. The van der Waals surface area contributed by atoms with E-state index in [1.54, 1.807) is 0 Å². The van der Waals surface area contributed by atoms with Crippen LogP contribution < -0.4 is 20.1 Å². The maximum absolute atomic E-state index is 12.1. The molecular weight excluding hydrogens is 366 g/mol. The van der Waals surface area contributed by atoms with Crippen LogP contribution in [0.3, 0.4) is 0 Å². The first-order chi connectivity index (χ1) is 14.0. The van der Waals surface area contributed by atoms with Crippen molar-refractivity contribution in [3.63, 3.8) is 0 Å². The molecule has 0 radical (unpaired) electrons. The summed E-state index contributed by atoms with van der Waals surface area (Å²) >= 11 is 0. The third kappa shape index (κ3) is 4.22. The highest BCUT2D eigenvalue weighted by Gasteiger charge is 2.26. The lowest BCUT2D eigenvalue weighted by atomic mass is 9.98.